The zero-order valence-electron chi connectivity index (χ0n) is 20.5. The number of amides is 2. The van der Waals surface area contributed by atoms with Crippen molar-refractivity contribution in [2.45, 2.75) is 45.4 Å². The molecule has 1 saturated heterocycles. The highest BCUT2D eigenvalue weighted by Crippen LogP contribution is 2.60. The number of esters is 1. The number of furan rings is 1. The summed E-state index contributed by atoms with van der Waals surface area (Å²) in [6.45, 7) is 2.06. The van der Waals surface area contributed by atoms with E-state index in [2.05, 4.69) is 5.43 Å². The largest absolute Gasteiger partial charge is 0.462 e. The van der Waals surface area contributed by atoms with Crippen molar-refractivity contribution in [2.75, 3.05) is 6.61 Å². The number of rotatable bonds is 6. The van der Waals surface area contributed by atoms with Crippen LogP contribution in [0.3, 0.4) is 0 Å². The van der Waals surface area contributed by atoms with Crippen LogP contribution in [0, 0.1) is 23.2 Å². The van der Waals surface area contributed by atoms with Gasteiger partial charge in [0.05, 0.1) is 22.5 Å². The van der Waals surface area contributed by atoms with E-state index in [9.17, 15) is 14.4 Å². The summed E-state index contributed by atoms with van der Waals surface area (Å²) in [4.78, 5) is 39.1. The molecule has 2 aromatic rings. The molecule has 0 atom stereocenters. The summed E-state index contributed by atoms with van der Waals surface area (Å²) >= 11 is 6.60. The standard InChI is InChI=1S/C28H28N2O5S2/c1-2-34-25(32)20-5-3-4-19(11-20)22-7-6-21(35-22)12-23-24(31)30(27(36)37-23)29-26(33)28-13-16-8-17(14-28)10-18(9-16)15-28/h3-7,11-12,16-18H,2,8-10,13-15H2,1H3,(H,29,33)/b23-12+. The van der Waals surface area contributed by atoms with Gasteiger partial charge < -0.3 is 9.15 Å². The number of nitrogens with one attached hydrogen (secondary N) is 1. The summed E-state index contributed by atoms with van der Waals surface area (Å²) in [5.41, 5.74) is 3.67. The molecule has 0 radical (unpaired) electrons. The summed E-state index contributed by atoms with van der Waals surface area (Å²) in [5, 5.41) is 1.22. The highest BCUT2D eigenvalue weighted by atomic mass is 32.2. The van der Waals surface area contributed by atoms with E-state index >= 15 is 0 Å². The number of nitrogens with zero attached hydrogens (tertiary/aromatic N) is 1. The first kappa shape index (κ1) is 24.4. The van der Waals surface area contributed by atoms with Crippen LogP contribution < -0.4 is 5.43 Å². The Labute approximate surface area is 224 Å². The molecule has 4 bridgehead atoms. The van der Waals surface area contributed by atoms with Crippen molar-refractivity contribution in [2.24, 2.45) is 23.2 Å². The molecule has 4 saturated carbocycles. The van der Waals surface area contributed by atoms with Gasteiger partial charge >= 0.3 is 5.97 Å². The molecule has 1 aromatic carbocycles. The lowest BCUT2D eigenvalue weighted by atomic mass is 9.49. The maximum Gasteiger partial charge on any atom is 0.338 e. The van der Waals surface area contributed by atoms with Crippen molar-refractivity contribution in [1.29, 1.82) is 0 Å². The van der Waals surface area contributed by atoms with Gasteiger partial charge in [-0.3, -0.25) is 15.0 Å². The number of carbonyl (C=O) groups excluding carboxylic acids is 3. The molecule has 4 aliphatic carbocycles. The Hall–Kier alpha value is -2.91. The van der Waals surface area contributed by atoms with Gasteiger partial charge in [0.25, 0.3) is 5.91 Å². The highest BCUT2D eigenvalue weighted by molar-refractivity contribution is 8.26. The molecule has 5 fully saturated rings. The summed E-state index contributed by atoms with van der Waals surface area (Å²) in [6, 6.07) is 10.5. The molecule has 9 heteroatoms. The Kier molecular flexibility index (Phi) is 6.23. The number of benzene rings is 1. The van der Waals surface area contributed by atoms with Gasteiger partial charge in [0.15, 0.2) is 4.32 Å². The molecule has 1 N–H and O–H groups in total. The molecule has 5 aliphatic rings. The van der Waals surface area contributed by atoms with Crippen LogP contribution >= 0.6 is 24.0 Å². The van der Waals surface area contributed by atoms with Gasteiger partial charge in [0.1, 0.15) is 11.5 Å². The lowest BCUT2D eigenvalue weighted by Crippen LogP contribution is -2.57. The van der Waals surface area contributed by atoms with E-state index in [0.29, 0.717) is 50.7 Å². The third-order valence-corrected chi connectivity index (χ3v) is 9.39. The molecule has 2 heterocycles. The lowest BCUT2D eigenvalue weighted by molar-refractivity contribution is -0.152. The van der Waals surface area contributed by atoms with Crippen LogP contribution in [-0.2, 0) is 14.3 Å². The number of hydrazine groups is 1. The van der Waals surface area contributed by atoms with Crippen LogP contribution in [0.4, 0.5) is 0 Å². The Balaban J connectivity index is 1.16. The maximum absolute atomic E-state index is 13.4. The van der Waals surface area contributed by atoms with Gasteiger partial charge in [-0.1, -0.05) is 23.9 Å². The van der Waals surface area contributed by atoms with Crippen molar-refractivity contribution in [1.82, 2.24) is 10.4 Å². The number of hydrogen-bond acceptors (Lipinski definition) is 7. The van der Waals surface area contributed by atoms with Crippen LogP contribution in [0.1, 0.15) is 61.6 Å². The monoisotopic (exact) mass is 536 g/mol. The van der Waals surface area contributed by atoms with Crippen LogP contribution in [-0.4, -0.2) is 33.7 Å². The average Bonchev–Trinajstić information content (AvgIpc) is 3.44. The minimum atomic E-state index is -0.393. The second-order valence-electron chi connectivity index (χ2n) is 10.7. The second-order valence-corrected chi connectivity index (χ2v) is 12.3. The third-order valence-electron chi connectivity index (χ3n) is 8.09. The van der Waals surface area contributed by atoms with E-state index < -0.39 is 5.97 Å². The van der Waals surface area contributed by atoms with Crippen molar-refractivity contribution < 1.29 is 23.5 Å². The fraction of sp³-hybridized carbons (Fsp3) is 0.429. The van der Waals surface area contributed by atoms with Crippen molar-refractivity contribution >= 4 is 52.2 Å². The zero-order chi connectivity index (χ0) is 25.7. The first-order valence-corrected chi connectivity index (χ1v) is 14.0. The number of ether oxygens (including phenoxy) is 1. The van der Waals surface area contributed by atoms with Gasteiger partial charge in [0, 0.05) is 11.6 Å². The molecule has 2 amide bonds. The number of thioether (sulfide) groups is 1. The molecule has 37 heavy (non-hydrogen) atoms. The fourth-order valence-electron chi connectivity index (χ4n) is 6.90. The summed E-state index contributed by atoms with van der Waals surface area (Å²) < 4.78 is 11.3. The van der Waals surface area contributed by atoms with Crippen molar-refractivity contribution in [3.63, 3.8) is 0 Å². The molecule has 1 aromatic heterocycles. The van der Waals surface area contributed by atoms with E-state index in [1.165, 1.54) is 24.3 Å². The first-order valence-electron chi connectivity index (χ1n) is 12.8. The molecular formula is C28H28N2O5S2. The minimum Gasteiger partial charge on any atom is -0.462 e. The molecular weight excluding hydrogens is 508 g/mol. The van der Waals surface area contributed by atoms with Gasteiger partial charge in [-0.15, -0.1) is 0 Å². The van der Waals surface area contributed by atoms with E-state index in [0.717, 1.165) is 36.6 Å². The first-order chi connectivity index (χ1) is 17.8. The van der Waals surface area contributed by atoms with Crippen molar-refractivity contribution in [3.05, 3.63) is 52.6 Å². The number of carbonyl (C=O) groups is 3. The van der Waals surface area contributed by atoms with E-state index in [1.54, 1.807) is 43.3 Å². The van der Waals surface area contributed by atoms with Crippen molar-refractivity contribution in [3.8, 4) is 11.3 Å². The van der Waals surface area contributed by atoms with Crippen LogP contribution in [0.15, 0.2) is 45.7 Å². The molecule has 0 unspecified atom stereocenters. The normalized spacial score (nSPS) is 29.3. The molecule has 192 valence electrons. The van der Waals surface area contributed by atoms with Gasteiger partial charge in [-0.05, 0) is 99.7 Å². The Bertz CT molecular complexity index is 1290. The van der Waals surface area contributed by atoms with Gasteiger partial charge in [-0.2, -0.15) is 5.01 Å². The lowest BCUT2D eigenvalue weighted by Gasteiger charge is -2.55. The number of hydrogen-bond donors (Lipinski definition) is 1. The molecule has 0 spiro atoms. The van der Waals surface area contributed by atoms with Gasteiger partial charge in [-0.25, -0.2) is 4.79 Å². The van der Waals surface area contributed by atoms with Crippen LogP contribution in [0.5, 0.6) is 0 Å². The molecule has 1 aliphatic heterocycles. The Morgan fingerprint density at radius 1 is 1.16 bits per heavy atom. The summed E-state index contributed by atoms with van der Waals surface area (Å²) in [5.74, 6) is 2.13. The molecule has 7 rings (SSSR count). The summed E-state index contributed by atoms with van der Waals surface area (Å²) in [6.07, 6.45) is 8.12. The van der Waals surface area contributed by atoms with E-state index in [1.807, 2.05) is 6.07 Å². The van der Waals surface area contributed by atoms with E-state index in [4.69, 9.17) is 21.4 Å². The number of thiocarbonyl (C=S) groups is 1. The van der Waals surface area contributed by atoms with Gasteiger partial charge in [0.2, 0.25) is 5.91 Å². The third kappa shape index (κ3) is 4.52. The van der Waals surface area contributed by atoms with Crippen LogP contribution in [0.25, 0.3) is 17.4 Å². The zero-order valence-corrected chi connectivity index (χ0v) is 22.2. The minimum absolute atomic E-state index is 0.0640. The Morgan fingerprint density at radius 3 is 2.54 bits per heavy atom. The highest BCUT2D eigenvalue weighted by Gasteiger charge is 2.55. The van der Waals surface area contributed by atoms with E-state index in [-0.39, 0.29) is 17.2 Å². The predicted molar refractivity (Wildman–Crippen MR) is 144 cm³/mol. The fourth-order valence-corrected chi connectivity index (χ4v) is 8.06. The maximum atomic E-state index is 13.4. The second kappa shape index (κ2) is 9.44. The van der Waals surface area contributed by atoms with Crippen LogP contribution in [0.2, 0.25) is 0 Å². The topological polar surface area (TPSA) is 88.9 Å². The smallest absolute Gasteiger partial charge is 0.338 e. The predicted octanol–water partition coefficient (Wildman–Crippen LogP) is 5.57. The quantitative estimate of drug-likeness (QED) is 0.293. The summed E-state index contributed by atoms with van der Waals surface area (Å²) in [7, 11) is 0. The Morgan fingerprint density at radius 2 is 1.86 bits per heavy atom. The average molecular weight is 537 g/mol. The SMILES string of the molecule is CCOC(=O)c1cccc(-c2ccc(/C=C3/SC(=S)N(NC(=O)C45CC6CC(CC(C6)C4)C5)C3=O)o2)c1. The molecule has 7 nitrogen and oxygen atoms in total.